The number of para-hydroxylation sites is 1. The molecule has 2 N–H and O–H groups in total. The molecule has 0 spiro atoms. The zero-order valence-corrected chi connectivity index (χ0v) is 13.7. The Morgan fingerprint density at radius 3 is 2.43 bits per heavy atom. The van der Waals surface area contributed by atoms with Crippen molar-refractivity contribution in [2.24, 2.45) is 5.73 Å². The first-order chi connectivity index (χ1) is 10.1. The van der Waals surface area contributed by atoms with Crippen molar-refractivity contribution >= 4 is 11.8 Å². The van der Waals surface area contributed by atoms with E-state index in [1.165, 1.54) is 10.5 Å². The number of benzene rings is 2. The second kappa shape index (κ2) is 7.53. The number of rotatable bonds is 6. The van der Waals surface area contributed by atoms with E-state index in [-0.39, 0.29) is 12.1 Å². The highest BCUT2D eigenvalue weighted by Gasteiger charge is 2.13. The summed E-state index contributed by atoms with van der Waals surface area (Å²) in [5.74, 6) is 1.73. The maximum Gasteiger partial charge on any atom is 0.124 e. The number of aryl methyl sites for hydroxylation is 1. The van der Waals surface area contributed by atoms with E-state index in [0.717, 1.165) is 17.1 Å². The van der Waals surface area contributed by atoms with Crippen molar-refractivity contribution in [2.45, 2.75) is 37.8 Å². The second-order valence-electron chi connectivity index (χ2n) is 5.39. The average molecular weight is 301 g/mol. The Bertz CT molecular complexity index is 583. The molecule has 2 rings (SSSR count). The molecule has 2 nitrogen and oxygen atoms in total. The van der Waals surface area contributed by atoms with Gasteiger partial charge < -0.3 is 10.5 Å². The Hall–Kier alpha value is -1.45. The van der Waals surface area contributed by atoms with E-state index in [4.69, 9.17) is 10.5 Å². The minimum absolute atomic E-state index is 0.0374. The highest BCUT2D eigenvalue weighted by Crippen LogP contribution is 2.30. The predicted octanol–water partition coefficient (Wildman–Crippen LogP) is 4.57. The van der Waals surface area contributed by atoms with E-state index in [9.17, 15) is 0 Å². The van der Waals surface area contributed by atoms with Crippen LogP contribution in [-0.2, 0) is 0 Å². The Labute approximate surface area is 131 Å². The summed E-state index contributed by atoms with van der Waals surface area (Å²) in [7, 11) is 0. The fourth-order valence-electron chi connectivity index (χ4n) is 2.14. The normalized spacial score (nSPS) is 12.4. The Balaban J connectivity index is 2.07. The molecular weight excluding hydrogens is 278 g/mol. The summed E-state index contributed by atoms with van der Waals surface area (Å²) in [6.45, 7) is 6.19. The maximum absolute atomic E-state index is 6.37. The topological polar surface area (TPSA) is 35.2 Å². The molecule has 112 valence electrons. The van der Waals surface area contributed by atoms with Crippen LogP contribution in [0.25, 0.3) is 0 Å². The summed E-state index contributed by atoms with van der Waals surface area (Å²) >= 11 is 1.80. The third kappa shape index (κ3) is 4.51. The fourth-order valence-corrected chi connectivity index (χ4v) is 3.15. The van der Waals surface area contributed by atoms with Gasteiger partial charge in [-0.25, -0.2) is 0 Å². The molecule has 21 heavy (non-hydrogen) atoms. The van der Waals surface area contributed by atoms with E-state index >= 15 is 0 Å². The Kier molecular flexibility index (Phi) is 5.71. The van der Waals surface area contributed by atoms with Gasteiger partial charge in [0.1, 0.15) is 5.75 Å². The third-order valence-corrected chi connectivity index (χ3v) is 4.49. The molecule has 0 bridgehead atoms. The van der Waals surface area contributed by atoms with Crippen LogP contribution in [0.4, 0.5) is 0 Å². The summed E-state index contributed by atoms with van der Waals surface area (Å²) < 4.78 is 5.85. The smallest absolute Gasteiger partial charge is 0.124 e. The second-order valence-corrected chi connectivity index (χ2v) is 6.45. The molecule has 1 unspecified atom stereocenters. The van der Waals surface area contributed by atoms with Crippen LogP contribution >= 0.6 is 11.8 Å². The molecule has 0 aliphatic heterocycles. The van der Waals surface area contributed by atoms with E-state index in [2.05, 4.69) is 37.3 Å². The molecule has 3 heteroatoms. The molecule has 0 aliphatic rings. The minimum atomic E-state index is -0.0374. The predicted molar refractivity (Wildman–Crippen MR) is 91.0 cm³/mol. The maximum atomic E-state index is 6.37. The van der Waals surface area contributed by atoms with Crippen molar-refractivity contribution in [3.8, 4) is 5.75 Å². The lowest BCUT2D eigenvalue weighted by Gasteiger charge is -2.18. The zero-order valence-electron chi connectivity index (χ0n) is 12.9. The van der Waals surface area contributed by atoms with Crippen LogP contribution in [0.5, 0.6) is 5.75 Å². The first kappa shape index (κ1) is 15.9. The SMILES string of the molecule is Cc1ccccc1SCC(N)c1ccccc1OC(C)C. The van der Waals surface area contributed by atoms with E-state index in [1.54, 1.807) is 11.8 Å². The summed E-state index contributed by atoms with van der Waals surface area (Å²) in [6, 6.07) is 16.4. The van der Waals surface area contributed by atoms with Gasteiger partial charge in [-0.1, -0.05) is 36.4 Å². The molecule has 0 saturated heterocycles. The van der Waals surface area contributed by atoms with Gasteiger partial charge in [-0.15, -0.1) is 11.8 Å². The molecule has 0 radical (unpaired) electrons. The molecule has 0 amide bonds. The van der Waals surface area contributed by atoms with Crippen molar-refractivity contribution in [3.63, 3.8) is 0 Å². The van der Waals surface area contributed by atoms with Gasteiger partial charge in [0.15, 0.2) is 0 Å². The van der Waals surface area contributed by atoms with Gasteiger partial charge in [-0.2, -0.15) is 0 Å². The third-order valence-electron chi connectivity index (χ3n) is 3.19. The number of thioether (sulfide) groups is 1. The fraction of sp³-hybridized carbons (Fsp3) is 0.333. The van der Waals surface area contributed by atoms with Gasteiger partial charge in [0.2, 0.25) is 0 Å². The van der Waals surface area contributed by atoms with Crippen LogP contribution < -0.4 is 10.5 Å². The van der Waals surface area contributed by atoms with Crippen LogP contribution in [0.2, 0.25) is 0 Å². The molecule has 2 aromatic carbocycles. The van der Waals surface area contributed by atoms with Gasteiger partial charge in [-0.3, -0.25) is 0 Å². The molecular formula is C18H23NOS. The van der Waals surface area contributed by atoms with Gasteiger partial charge in [0.25, 0.3) is 0 Å². The van der Waals surface area contributed by atoms with E-state index < -0.39 is 0 Å². The average Bonchev–Trinajstić information content (AvgIpc) is 2.46. The highest BCUT2D eigenvalue weighted by molar-refractivity contribution is 7.99. The number of hydrogen-bond donors (Lipinski definition) is 1. The zero-order chi connectivity index (χ0) is 15.2. The lowest BCUT2D eigenvalue weighted by Crippen LogP contribution is -2.16. The number of ether oxygens (including phenoxy) is 1. The standard InChI is InChI=1S/C18H23NOS/c1-13(2)20-17-10-6-5-9-15(17)16(19)12-21-18-11-7-4-8-14(18)3/h4-11,13,16H,12,19H2,1-3H3. The molecule has 2 aromatic rings. The van der Waals surface area contributed by atoms with Gasteiger partial charge >= 0.3 is 0 Å². The van der Waals surface area contributed by atoms with Crippen LogP contribution in [-0.4, -0.2) is 11.9 Å². The molecule has 0 heterocycles. The lowest BCUT2D eigenvalue weighted by atomic mass is 10.1. The van der Waals surface area contributed by atoms with Crippen molar-refractivity contribution in [3.05, 3.63) is 59.7 Å². The number of hydrogen-bond acceptors (Lipinski definition) is 3. The van der Waals surface area contributed by atoms with Crippen molar-refractivity contribution < 1.29 is 4.74 Å². The van der Waals surface area contributed by atoms with E-state index in [0.29, 0.717) is 0 Å². The number of nitrogens with two attached hydrogens (primary N) is 1. The molecule has 0 fully saturated rings. The molecule has 0 aliphatic carbocycles. The summed E-state index contributed by atoms with van der Waals surface area (Å²) in [5.41, 5.74) is 8.74. The van der Waals surface area contributed by atoms with Gasteiger partial charge in [0.05, 0.1) is 6.10 Å². The van der Waals surface area contributed by atoms with Gasteiger partial charge in [0, 0.05) is 22.3 Å². The van der Waals surface area contributed by atoms with Crippen LogP contribution in [0.15, 0.2) is 53.4 Å². The molecule has 1 atom stereocenters. The van der Waals surface area contributed by atoms with Crippen molar-refractivity contribution in [2.75, 3.05) is 5.75 Å². The van der Waals surface area contributed by atoms with Gasteiger partial charge in [-0.05, 0) is 38.5 Å². The summed E-state index contributed by atoms with van der Waals surface area (Å²) in [6.07, 6.45) is 0.155. The first-order valence-corrected chi connectivity index (χ1v) is 8.26. The Morgan fingerprint density at radius 1 is 1.05 bits per heavy atom. The summed E-state index contributed by atoms with van der Waals surface area (Å²) in [5, 5.41) is 0. The quantitative estimate of drug-likeness (QED) is 0.794. The van der Waals surface area contributed by atoms with Crippen LogP contribution in [0.1, 0.15) is 31.0 Å². The molecule has 0 saturated carbocycles. The van der Waals surface area contributed by atoms with Crippen molar-refractivity contribution in [1.82, 2.24) is 0 Å². The first-order valence-electron chi connectivity index (χ1n) is 7.27. The van der Waals surface area contributed by atoms with E-state index in [1.807, 2.05) is 32.0 Å². The van der Waals surface area contributed by atoms with Crippen LogP contribution in [0, 0.1) is 6.92 Å². The molecule has 0 aromatic heterocycles. The van der Waals surface area contributed by atoms with Crippen LogP contribution in [0.3, 0.4) is 0 Å². The Morgan fingerprint density at radius 2 is 1.71 bits per heavy atom. The monoisotopic (exact) mass is 301 g/mol. The highest BCUT2D eigenvalue weighted by atomic mass is 32.2. The lowest BCUT2D eigenvalue weighted by molar-refractivity contribution is 0.239. The minimum Gasteiger partial charge on any atom is -0.491 e. The largest absolute Gasteiger partial charge is 0.491 e. The summed E-state index contributed by atoms with van der Waals surface area (Å²) in [4.78, 5) is 1.29. The van der Waals surface area contributed by atoms with Crippen molar-refractivity contribution in [1.29, 1.82) is 0 Å².